The van der Waals surface area contributed by atoms with Gasteiger partial charge in [0.2, 0.25) is 0 Å². The maximum Gasteiger partial charge on any atom is 0.319 e. The summed E-state index contributed by atoms with van der Waals surface area (Å²) in [6.45, 7) is 5.23. The first-order chi connectivity index (χ1) is 12.6. The number of carbonyl (C=O) groups excluding carboxylic acids is 1. The summed E-state index contributed by atoms with van der Waals surface area (Å²) in [5.41, 5.74) is 0. The van der Waals surface area contributed by atoms with Crippen LogP contribution >= 0.6 is 11.6 Å². The fourth-order valence-corrected chi connectivity index (χ4v) is 2.67. The SMILES string of the molecule is CC(C)COC1O[C@H](C(O)N(CC(C)O)C(=O)NCCCl)[C@@H](O)[C@H](O)[C@H]1O. The molecule has 1 heterocycles. The summed E-state index contributed by atoms with van der Waals surface area (Å²) in [6.07, 6.45) is -10.4. The highest BCUT2D eigenvalue weighted by molar-refractivity contribution is 6.18. The van der Waals surface area contributed by atoms with Crippen molar-refractivity contribution in [2.75, 3.05) is 25.6 Å². The van der Waals surface area contributed by atoms with Gasteiger partial charge in [0.05, 0.1) is 19.3 Å². The number of aliphatic hydroxyl groups excluding tert-OH is 5. The van der Waals surface area contributed by atoms with E-state index >= 15 is 0 Å². The van der Waals surface area contributed by atoms with E-state index in [2.05, 4.69) is 5.32 Å². The number of nitrogens with one attached hydrogen (secondary N) is 1. The zero-order valence-electron chi connectivity index (χ0n) is 15.7. The van der Waals surface area contributed by atoms with E-state index in [1.54, 1.807) is 0 Å². The maximum absolute atomic E-state index is 12.3. The first-order valence-corrected chi connectivity index (χ1v) is 9.41. The monoisotopic (exact) mass is 414 g/mol. The molecule has 3 unspecified atom stereocenters. The van der Waals surface area contributed by atoms with Gasteiger partial charge in [-0.1, -0.05) is 13.8 Å². The molecule has 0 aromatic rings. The smallest absolute Gasteiger partial charge is 0.319 e. The van der Waals surface area contributed by atoms with Crippen LogP contribution in [0, 0.1) is 5.92 Å². The van der Waals surface area contributed by atoms with Crippen molar-refractivity contribution < 1.29 is 39.8 Å². The molecule has 0 aromatic carbocycles. The lowest BCUT2D eigenvalue weighted by Crippen LogP contribution is -2.65. The van der Waals surface area contributed by atoms with Gasteiger partial charge in [0.1, 0.15) is 24.4 Å². The van der Waals surface area contributed by atoms with Crippen LogP contribution in [0.3, 0.4) is 0 Å². The molecule has 7 atom stereocenters. The van der Waals surface area contributed by atoms with E-state index in [4.69, 9.17) is 21.1 Å². The van der Waals surface area contributed by atoms with Crippen molar-refractivity contribution in [2.45, 2.75) is 63.8 Å². The summed E-state index contributed by atoms with van der Waals surface area (Å²) < 4.78 is 10.9. The molecule has 1 aliphatic heterocycles. The topological polar surface area (TPSA) is 152 Å². The number of alkyl halides is 1. The third-order valence-electron chi connectivity index (χ3n) is 3.91. The second-order valence-electron chi connectivity index (χ2n) is 7.00. The zero-order valence-corrected chi connectivity index (χ0v) is 16.5. The van der Waals surface area contributed by atoms with E-state index in [0.717, 1.165) is 4.90 Å². The van der Waals surface area contributed by atoms with Gasteiger partial charge in [-0.15, -0.1) is 11.6 Å². The van der Waals surface area contributed by atoms with E-state index in [0.29, 0.717) is 0 Å². The number of urea groups is 1. The molecule has 1 aliphatic rings. The first-order valence-electron chi connectivity index (χ1n) is 8.87. The molecular formula is C16H31ClN2O8. The molecule has 11 heteroatoms. The van der Waals surface area contributed by atoms with Crippen LogP contribution in [0.5, 0.6) is 0 Å². The number of hydrogen-bond donors (Lipinski definition) is 6. The van der Waals surface area contributed by atoms with Crippen molar-refractivity contribution in [3.8, 4) is 0 Å². The van der Waals surface area contributed by atoms with E-state index in [1.807, 2.05) is 13.8 Å². The van der Waals surface area contributed by atoms with Crippen molar-refractivity contribution in [1.82, 2.24) is 10.2 Å². The summed E-state index contributed by atoms with van der Waals surface area (Å²) in [7, 11) is 0. The highest BCUT2D eigenvalue weighted by Gasteiger charge is 2.49. The second kappa shape index (κ2) is 11.3. The minimum Gasteiger partial charge on any atom is -0.392 e. The van der Waals surface area contributed by atoms with E-state index in [1.165, 1.54) is 6.92 Å². The maximum atomic E-state index is 12.3. The Kier molecular flexibility index (Phi) is 10.2. The number of halogens is 1. The predicted molar refractivity (Wildman–Crippen MR) is 96.0 cm³/mol. The van der Waals surface area contributed by atoms with Gasteiger partial charge < -0.3 is 40.3 Å². The Morgan fingerprint density at radius 3 is 2.33 bits per heavy atom. The molecule has 10 nitrogen and oxygen atoms in total. The van der Waals surface area contributed by atoms with Gasteiger partial charge in [-0.05, 0) is 12.8 Å². The number of rotatable bonds is 9. The molecule has 1 rings (SSSR count). The molecule has 160 valence electrons. The second-order valence-corrected chi connectivity index (χ2v) is 7.38. The fourth-order valence-electron chi connectivity index (χ4n) is 2.57. The number of carbonyl (C=O) groups is 1. The number of hydrogen-bond acceptors (Lipinski definition) is 8. The van der Waals surface area contributed by atoms with Gasteiger partial charge in [-0.25, -0.2) is 4.79 Å². The molecule has 1 saturated heterocycles. The quantitative estimate of drug-likeness (QED) is 0.195. The minimum atomic E-state index is -1.72. The summed E-state index contributed by atoms with van der Waals surface area (Å²) in [6, 6.07) is -0.736. The van der Waals surface area contributed by atoms with E-state index < -0.39 is 49.1 Å². The summed E-state index contributed by atoms with van der Waals surface area (Å²) >= 11 is 5.53. The van der Waals surface area contributed by atoms with Crippen molar-refractivity contribution in [2.24, 2.45) is 5.92 Å². The fraction of sp³-hybridized carbons (Fsp3) is 0.938. The van der Waals surface area contributed by atoms with E-state index in [9.17, 15) is 30.3 Å². The number of nitrogens with zero attached hydrogens (tertiary/aromatic N) is 1. The Morgan fingerprint density at radius 2 is 1.81 bits per heavy atom. The molecule has 2 amide bonds. The molecule has 0 saturated carbocycles. The Balaban J connectivity index is 2.95. The number of ether oxygens (including phenoxy) is 2. The molecule has 0 spiro atoms. The Bertz CT molecular complexity index is 456. The highest BCUT2D eigenvalue weighted by atomic mass is 35.5. The van der Waals surface area contributed by atoms with Crippen LogP contribution in [-0.4, -0.2) is 105 Å². The molecule has 0 bridgehead atoms. The average molecular weight is 415 g/mol. The van der Waals surface area contributed by atoms with Crippen LogP contribution in [0.25, 0.3) is 0 Å². The van der Waals surface area contributed by atoms with Gasteiger partial charge in [0.15, 0.2) is 12.5 Å². The van der Waals surface area contributed by atoms with Crippen LogP contribution < -0.4 is 5.32 Å². The number of amides is 2. The third kappa shape index (κ3) is 6.99. The van der Waals surface area contributed by atoms with Crippen LogP contribution in [0.15, 0.2) is 0 Å². The van der Waals surface area contributed by atoms with E-state index in [-0.39, 0.29) is 31.5 Å². The molecular weight excluding hydrogens is 384 g/mol. The zero-order chi connectivity index (χ0) is 20.7. The summed E-state index contributed by atoms with van der Waals surface area (Å²) in [4.78, 5) is 13.1. The molecule has 6 N–H and O–H groups in total. The minimum absolute atomic E-state index is 0.112. The molecule has 27 heavy (non-hydrogen) atoms. The molecule has 0 aromatic heterocycles. The van der Waals surface area contributed by atoms with Crippen molar-refractivity contribution in [3.63, 3.8) is 0 Å². The highest BCUT2D eigenvalue weighted by Crippen LogP contribution is 2.26. The van der Waals surface area contributed by atoms with Crippen LogP contribution in [0.1, 0.15) is 20.8 Å². The van der Waals surface area contributed by atoms with Crippen molar-refractivity contribution in [1.29, 1.82) is 0 Å². The van der Waals surface area contributed by atoms with Crippen LogP contribution in [-0.2, 0) is 9.47 Å². The standard InChI is InChI=1S/C16H31ClN2O8/c1-8(2)7-26-15-12(23)10(21)11(22)13(27-15)14(24)19(6-9(3)20)16(25)18-5-4-17/h8-15,20-24H,4-7H2,1-3H3,(H,18,25)/t9?,10-,11-,12+,13-,14?,15?/m0/s1. The molecule has 0 radical (unpaired) electrons. The van der Waals surface area contributed by atoms with Crippen LogP contribution in [0.4, 0.5) is 4.79 Å². The summed E-state index contributed by atoms with van der Waals surface area (Å²) in [5, 5.41) is 53.0. The lowest BCUT2D eigenvalue weighted by molar-refractivity contribution is -0.319. The Labute approximate surface area is 163 Å². The molecule has 1 fully saturated rings. The number of aliphatic hydroxyl groups is 5. The van der Waals surface area contributed by atoms with Gasteiger partial charge in [-0.2, -0.15) is 0 Å². The van der Waals surface area contributed by atoms with Gasteiger partial charge >= 0.3 is 6.03 Å². The lowest BCUT2D eigenvalue weighted by Gasteiger charge is -2.44. The Hall–Kier alpha value is -0.720. The third-order valence-corrected chi connectivity index (χ3v) is 4.10. The first kappa shape index (κ1) is 24.3. The predicted octanol–water partition coefficient (Wildman–Crippen LogP) is -1.58. The lowest BCUT2D eigenvalue weighted by atomic mass is 9.97. The van der Waals surface area contributed by atoms with Crippen molar-refractivity contribution >= 4 is 17.6 Å². The summed E-state index contributed by atoms with van der Waals surface area (Å²) in [5.74, 6) is 0.254. The normalized spacial score (nSPS) is 30.8. The van der Waals surface area contributed by atoms with Gasteiger partial charge in [0, 0.05) is 12.4 Å². The molecule has 0 aliphatic carbocycles. The van der Waals surface area contributed by atoms with Crippen molar-refractivity contribution in [3.05, 3.63) is 0 Å². The largest absolute Gasteiger partial charge is 0.392 e. The van der Waals surface area contributed by atoms with Crippen LogP contribution in [0.2, 0.25) is 0 Å². The van der Waals surface area contributed by atoms with Gasteiger partial charge in [0.25, 0.3) is 0 Å². The average Bonchev–Trinajstić information content (AvgIpc) is 2.60. The Morgan fingerprint density at radius 1 is 1.19 bits per heavy atom. The van der Waals surface area contributed by atoms with Gasteiger partial charge in [-0.3, -0.25) is 4.90 Å².